The standard InChI is InChI=1S/C27H29ClFN3O4S/c1-4-30-27(34)20(3)31(17-21-7-11-23(29)12-8-21)26(33)18-32(24-13-5-19(2)6-14-24)37(35,36)25-15-9-22(28)10-16-25/h5-16,20H,4,17-18H2,1-3H3,(H,30,34)/t20-/m1/s1. The number of anilines is 1. The van der Waals surface area contributed by atoms with Gasteiger partial charge in [0.2, 0.25) is 11.8 Å². The number of likely N-dealkylation sites (N-methyl/N-ethyl adjacent to an activating group) is 1. The van der Waals surface area contributed by atoms with Gasteiger partial charge in [-0.1, -0.05) is 41.4 Å². The number of aryl methyl sites for hydroxylation is 1. The lowest BCUT2D eigenvalue weighted by molar-refractivity contribution is -0.139. The summed E-state index contributed by atoms with van der Waals surface area (Å²) in [6.45, 7) is 4.98. The molecule has 3 aromatic carbocycles. The van der Waals surface area contributed by atoms with Gasteiger partial charge in [-0.05, 0) is 74.9 Å². The van der Waals surface area contributed by atoms with E-state index in [1.165, 1.54) is 53.4 Å². The number of nitrogens with one attached hydrogen (secondary N) is 1. The predicted octanol–water partition coefficient (Wildman–Crippen LogP) is 4.54. The third-order valence-electron chi connectivity index (χ3n) is 5.79. The van der Waals surface area contributed by atoms with E-state index < -0.39 is 34.3 Å². The van der Waals surface area contributed by atoms with Gasteiger partial charge in [0.25, 0.3) is 10.0 Å². The number of carbonyl (C=O) groups excluding carboxylic acids is 2. The summed E-state index contributed by atoms with van der Waals surface area (Å²) in [4.78, 5) is 27.6. The Kier molecular flexibility index (Phi) is 9.29. The second-order valence-corrected chi connectivity index (χ2v) is 10.8. The molecule has 3 rings (SSSR count). The van der Waals surface area contributed by atoms with Crippen LogP contribution >= 0.6 is 11.6 Å². The molecule has 0 radical (unpaired) electrons. The van der Waals surface area contributed by atoms with Crippen molar-refractivity contribution < 1.29 is 22.4 Å². The summed E-state index contributed by atoms with van der Waals surface area (Å²) in [7, 11) is -4.17. The van der Waals surface area contributed by atoms with Crippen molar-refractivity contribution >= 4 is 39.1 Å². The largest absolute Gasteiger partial charge is 0.355 e. The van der Waals surface area contributed by atoms with E-state index in [2.05, 4.69) is 5.32 Å². The zero-order chi connectivity index (χ0) is 27.2. The Morgan fingerprint density at radius 1 is 0.973 bits per heavy atom. The molecule has 37 heavy (non-hydrogen) atoms. The van der Waals surface area contributed by atoms with Gasteiger partial charge in [0.05, 0.1) is 10.6 Å². The number of hydrogen-bond acceptors (Lipinski definition) is 4. The monoisotopic (exact) mass is 545 g/mol. The first-order valence-corrected chi connectivity index (χ1v) is 13.5. The molecule has 3 aromatic rings. The van der Waals surface area contributed by atoms with E-state index in [1.807, 2.05) is 6.92 Å². The molecule has 0 fully saturated rings. The molecule has 1 N–H and O–H groups in total. The number of sulfonamides is 1. The fourth-order valence-corrected chi connectivity index (χ4v) is 5.20. The fourth-order valence-electron chi connectivity index (χ4n) is 3.66. The highest BCUT2D eigenvalue weighted by molar-refractivity contribution is 7.92. The lowest BCUT2D eigenvalue weighted by Gasteiger charge is -2.32. The highest BCUT2D eigenvalue weighted by atomic mass is 35.5. The number of benzene rings is 3. The summed E-state index contributed by atoms with van der Waals surface area (Å²) in [6.07, 6.45) is 0. The average Bonchev–Trinajstić information content (AvgIpc) is 2.87. The summed E-state index contributed by atoms with van der Waals surface area (Å²) in [5.41, 5.74) is 1.80. The predicted molar refractivity (Wildman–Crippen MR) is 142 cm³/mol. The van der Waals surface area contributed by atoms with E-state index in [4.69, 9.17) is 11.6 Å². The summed E-state index contributed by atoms with van der Waals surface area (Å²) < 4.78 is 41.8. The van der Waals surface area contributed by atoms with E-state index in [1.54, 1.807) is 38.1 Å². The molecule has 10 heteroatoms. The number of rotatable bonds is 10. The lowest BCUT2D eigenvalue weighted by atomic mass is 10.1. The Hall–Kier alpha value is -3.43. The molecule has 2 amide bonds. The number of halogens is 2. The van der Waals surface area contributed by atoms with Gasteiger partial charge < -0.3 is 10.2 Å². The summed E-state index contributed by atoms with van der Waals surface area (Å²) in [6, 6.07) is 17.0. The second-order valence-electron chi connectivity index (χ2n) is 8.52. The van der Waals surface area contributed by atoms with Gasteiger partial charge in [0.15, 0.2) is 0 Å². The van der Waals surface area contributed by atoms with Crippen LogP contribution in [0.2, 0.25) is 5.02 Å². The Morgan fingerprint density at radius 3 is 2.14 bits per heavy atom. The molecule has 0 unspecified atom stereocenters. The van der Waals surface area contributed by atoms with Crippen LogP contribution in [0, 0.1) is 12.7 Å². The van der Waals surface area contributed by atoms with E-state index in [0.29, 0.717) is 22.8 Å². The highest BCUT2D eigenvalue weighted by Crippen LogP contribution is 2.26. The molecule has 196 valence electrons. The van der Waals surface area contributed by atoms with Crippen LogP contribution in [0.25, 0.3) is 0 Å². The maximum absolute atomic E-state index is 13.7. The number of amides is 2. The van der Waals surface area contributed by atoms with Gasteiger partial charge in [0.1, 0.15) is 18.4 Å². The number of nitrogens with zero attached hydrogens (tertiary/aromatic N) is 2. The number of carbonyl (C=O) groups is 2. The first-order valence-electron chi connectivity index (χ1n) is 11.7. The van der Waals surface area contributed by atoms with Crippen LogP contribution in [0.3, 0.4) is 0 Å². The first-order chi connectivity index (χ1) is 17.5. The van der Waals surface area contributed by atoms with Gasteiger partial charge in [-0.25, -0.2) is 12.8 Å². The van der Waals surface area contributed by atoms with Gasteiger partial charge in [-0.3, -0.25) is 13.9 Å². The molecule has 0 bridgehead atoms. The first kappa shape index (κ1) is 28.1. The summed E-state index contributed by atoms with van der Waals surface area (Å²) >= 11 is 5.95. The zero-order valence-electron chi connectivity index (χ0n) is 20.8. The molecular weight excluding hydrogens is 517 g/mol. The molecule has 0 spiro atoms. The highest BCUT2D eigenvalue weighted by Gasteiger charge is 2.32. The summed E-state index contributed by atoms with van der Waals surface area (Å²) in [5.74, 6) is -1.42. The zero-order valence-corrected chi connectivity index (χ0v) is 22.4. The Morgan fingerprint density at radius 2 is 1.57 bits per heavy atom. The molecule has 0 aliphatic rings. The normalized spacial score (nSPS) is 12.0. The molecule has 0 aliphatic carbocycles. The molecule has 0 aliphatic heterocycles. The smallest absolute Gasteiger partial charge is 0.264 e. The van der Waals surface area contributed by atoms with Crippen molar-refractivity contribution in [2.24, 2.45) is 0 Å². The SMILES string of the molecule is CCNC(=O)[C@@H](C)N(Cc1ccc(F)cc1)C(=O)CN(c1ccc(C)cc1)S(=O)(=O)c1ccc(Cl)cc1. The van der Waals surface area contributed by atoms with Crippen molar-refractivity contribution in [2.45, 2.75) is 38.3 Å². The van der Waals surface area contributed by atoms with Crippen LogP contribution in [-0.2, 0) is 26.2 Å². The van der Waals surface area contributed by atoms with E-state index >= 15 is 0 Å². The van der Waals surface area contributed by atoms with Gasteiger partial charge >= 0.3 is 0 Å². The second kappa shape index (κ2) is 12.2. The molecule has 0 saturated carbocycles. The van der Waals surface area contributed by atoms with E-state index in [0.717, 1.165) is 9.87 Å². The molecule has 0 aromatic heterocycles. The van der Waals surface area contributed by atoms with Crippen molar-refractivity contribution in [1.29, 1.82) is 0 Å². The molecule has 1 atom stereocenters. The molecule has 7 nitrogen and oxygen atoms in total. The van der Waals surface area contributed by atoms with Crippen LogP contribution in [0.5, 0.6) is 0 Å². The molecule has 0 saturated heterocycles. The van der Waals surface area contributed by atoms with Crippen molar-refractivity contribution in [1.82, 2.24) is 10.2 Å². The number of hydrogen-bond donors (Lipinski definition) is 1. The van der Waals surface area contributed by atoms with Gasteiger partial charge in [0, 0.05) is 18.1 Å². The van der Waals surface area contributed by atoms with Crippen LogP contribution in [0.4, 0.5) is 10.1 Å². The van der Waals surface area contributed by atoms with Gasteiger partial charge in [-0.15, -0.1) is 0 Å². The maximum Gasteiger partial charge on any atom is 0.264 e. The van der Waals surface area contributed by atoms with Crippen molar-refractivity contribution in [3.05, 3.63) is 94.8 Å². The average molecular weight is 546 g/mol. The van der Waals surface area contributed by atoms with Crippen molar-refractivity contribution in [3.63, 3.8) is 0 Å². The Balaban J connectivity index is 2.01. The minimum absolute atomic E-state index is 0.0137. The van der Waals surface area contributed by atoms with Crippen LogP contribution in [0.15, 0.2) is 77.7 Å². The van der Waals surface area contributed by atoms with E-state index in [9.17, 15) is 22.4 Å². The third kappa shape index (κ3) is 7.08. The maximum atomic E-state index is 13.7. The minimum Gasteiger partial charge on any atom is -0.355 e. The van der Waals surface area contributed by atoms with Crippen molar-refractivity contribution in [3.8, 4) is 0 Å². The van der Waals surface area contributed by atoms with Crippen LogP contribution in [-0.4, -0.2) is 44.3 Å². The van der Waals surface area contributed by atoms with E-state index in [-0.39, 0.29) is 17.3 Å². The van der Waals surface area contributed by atoms with Gasteiger partial charge in [-0.2, -0.15) is 0 Å². The van der Waals surface area contributed by atoms with Crippen molar-refractivity contribution in [2.75, 3.05) is 17.4 Å². The lowest BCUT2D eigenvalue weighted by Crippen LogP contribution is -2.51. The fraction of sp³-hybridized carbons (Fsp3) is 0.259. The Bertz CT molecular complexity index is 1330. The molecular formula is C27H29ClFN3O4S. The van der Waals surface area contributed by atoms with Crippen LogP contribution < -0.4 is 9.62 Å². The Labute approximate surface area is 221 Å². The van der Waals surface area contributed by atoms with Crippen LogP contribution in [0.1, 0.15) is 25.0 Å². The summed E-state index contributed by atoms with van der Waals surface area (Å²) in [5, 5.41) is 3.06. The quantitative estimate of drug-likeness (QED) is 0.405. The minimum atomic E-state index is -4.17. The molecule has 0 heterocycles. The third-order valence-corrected chi connectivity index (χ3v) is 7.83. The topological polar surface area (TPSA) is 86.8 Å².